The number of hydrogen-bond acceptors (Lipinski definition) is 7. The molecule has 0 bridgehead atoms. The third kappa shape index (κ3) is 4.40. The number of thiophene rings is 1. The van der Waals surface area contributed by atoms with Crippen molar-refractivity contribution >= 4 is 11.3 Å². The first-order valence-electron chi connectivity index (χ1n) is 10.2. The molecule has 0 N–H and O–H groups in total. The van der Waals surface area contributed by atoms with Crippen molar-refractivity contribution in [2.24, 2.45) is 0 Å². The quantitative estimate of drug-likeness (QED) is 0.559. The molecular weight excluding hydrogens is 408 g/mol. The standard InChI is InChI=1S/C20H26N6OS.ClH/c1-2-6-16(5-1)26-20(21-22-23-26)19(18-8-4-14-28-18)25-11-9-24(10-12-25)15-17-7-3-13-27-17;/h3-4,7-8,13-14,16,19H,1-2,5-6,9-12,15H2;1H/p-1. The summed E-state index contributed by atoms with van der Waals surface area (Å²) in [6.45, 7) is 4.92. The molecule has 3 aromatic rings. The van der Waals surface area contributed by atoms with E-state index in [1.54, 1.807) is 17.6 Å². The van der Waals surface area contributed by atoms with Gasteiger partial charge in [-0.25, -0.2) is 4.68 Å². The summed E-state index contributed by atoms with van der Waals surface area (Å²) >= 11 is 1.80. The van der Waals surface area contributed by atoms with Gasteiger partial charge in [0.2, 0.25) is 0 Å². The first kappa shape index (κ1) is 20.5. The van der Waals surface area contributed by atoms with Crippen LogP contribution in [0.2, 0.25) is 0 Å². The highest BCUT2D eigenvalue weighted by Gasteiger charge is 2.33. The molecule has 4 heterocycles. The van der Waals surface area contributed by atoms with Crippen molar-refractivity contribution in [1.29, 1.82) is 0 Å². The van der Waals surface area contributed by atoms with E-state index in [2.05, 4.69) is 53.6 Å². The smallest absolute Gasteiger partial charge is 0.174 e. The summed E-state index contributed by atoms with van der Waals surface area (Å²) in [5.41, 5.74) is 0. The Morgan fingerprint density at radius 1 is 1.10 bits per heavy atom. The number of tetrazole rings is 1. The van der Waals surface area contributed by atoms with E-state index in [1.165, 1.54) is 30.6 Å². The first-order chi connectivity index (χ1) is 13.9. The number of nitrogens with zero attached hydrogens (tertiary/aromatic N) is 6. The van der Waals surface area contributed by atoms with Crippen LogP contribution in [0, 0.1) is 0 Å². The monoisotopic (exact) mass is 433 g/mol. The lowest BCUT2D eigenvalue weighted by Gasteiger charge is -2.38. The summed E-state index contributed by atoms with van der Waals surface area (Å²) in [7, 11) is 0. The van der Waals surface area contributed by atoms with Crippen LogP contribution in [0.4, 0.5) is 0 Å². The van der Waals surface area contributed by atoms with Crippen LogP contribution in [0.5, 0.6) is 0 Å². The van der Waals surface area contributed by atoms with Crippen molar-refractivity contribution in [2.75, 3.05) is 26.2 Å². The summed E-state index contributed by atoms with van der Waals surface area (Å²) in [6.07, 6.45) is 6.68. The number of halogens is 1. The molecule has 3 aromatic heterocycles. The summed E-state index contributed by atoms with van der Waals surface area (Å²) in [6, 6.07) is 8.95. The molecule has 0 radical (unpaired) electrons. The minimum atomic E-state index is 0. The van der Waals surface area contributed by atoms with Crippen LogP contribution in [0.15, 0.2) is 40.3 Å². The summed E-state index contributed by atoms with van der Waals surface area (Å²) in [5.74, 6) is 2.04. The molecule has 0 aromatic carbocycles. The Morgan fingerprint density at radius 2 is 1.93 bits per heavy atom. The van der Waals surface area contributed by atoms with Crippen molar-refractivity contribution in [3.63, 3.8) is 0 Å². The third-order valence-corrected chi connectivity index (χ3v) is 6.90. The van der Waals surface area contributed by atoms with Gasteiger partial charge in [-0.3, -0.25) is 9.80 Å². The fourth-order valence-electron chi connectivity index (χ4n) is 4.51. The molecule has 156 valence electrons. The van der Waals surface area contributed by atoms with Gasteiger partial charge in [0.05, 0.1) is 18.8 Å². The van der Waals surface area contributed by atoms with Gasteiger partial charge in [0.25, 0.3) is 0 Å². The molecule has 1 aliphatic heterocycles. The zero-order chi connectivity index (χ0) is 18.8. The number of furan rings is 1. The normalized spacial score (nSPS) is 20.0. The third-order valence-electron chi connectivity index (χ3n) is 5.98. The Labute approximate surface area is 181 Å². The van der Waals surface area contributed by atoms with Crippen LogP contribution in [0.3, 0.4) is 0 Å². The minimum absolute atomic E-state index is 0. The van der Waals surface area contributed by atoms with Gasteiger partial charge in [0, 0.05) is 31.1 Å². The van der Waals surface area contributed by atoms with E-state index in [4.69, 9.17) is 4.42 Å². The van der Waals surface area contributed by atoms with E-state index in [0.29, 0.717) is 6.04 Å². The Morgan fingerprint density at radius 3 is 2.62 bits per heavy atom. The Hall–Kier alpha value is -1.74. The zero-order valence-corrected chi connectivity index (χ0v) is 17.9. The molecule has 1 aliphatic carbocycles. The highest BCUT2D eigenvalue weighted by Crippen LogP contribution is 2.35. The predicted octanol–water partition coefficient (Wildman–Crippen LogP) is 0.354. The molecule has 1 unspecified atom stereocenters. The lowest BCUT2D eigenvalue weighted by Crippen LogP contribution is -3.00. The van der Waals surface area contributed by atoms with E-state index in [0.717, 1.165) is 44.3 Å². The fourth-order valence-corrected chi connectivity index (χ4v) is 5.36. The van der Waals surface area contributed by atoms with Crippen molar-refractivity contribution in [3.8, 4) is 0 Å². The Kier molecular flexibility index (Phi) is 6.64. The lowest BCUT2D eigenvalue weighted by atomic mass is 10.1. The maximum Gasteiger partial charge on any atom is 0.174 e. The molecule has 5 rings (SSSR count). The lowest BCUT2D eigenvalue weighted by molar-refractivity contribution is -0.00000638. The Bertz CT molecular complexity index is 854. The molecule has 29 heavy (non-hydrogen) atoms. The van der Waals surface area contributed by atoms with E-state index >= 15 is 0 Å². The van der Waals surface area contributed by atoms with Gasteiger partial charge >= 0.3 is 0 Å². The topological polar surface area (TPSA) is 63.2 Å². The molecule has 1 atom stereocenters. The fraction of sp³-hybridized carbons (Fsp3) is 0.550. The molecular formula is C20H26ClN6OS-. The van der Waals surface area contributed by atoms with Crippen molar-refractivity contribution in [3.05, 3.63) is 52.4 Å². The van der Waals surface area contributed by atoms with E-state index < -0.39 is 0 Å². The van der Waals surface area contributed by atoms with E-state index in [1.807, 2.05) is 6.07 Å². The molecule has 9 heteroatoms. The summed E-state index contributed by atoms with van der Waals surface area (Å²) < 4.78 is 7.64. The van der Waals surface area contributed by atoms with Crippen LogP contribution >= 0.6 is 11.3 Å². The second-order valence-electron chi connectivity index (χ2n) is 7.73. The van der Waals surface area contributed by atoms with Crippen molar-refractivity contribution in [2.45, 2.75) is 44.3 Å². The summed E-state index contributed by atoms with van der Waals surface area (Å²) in [4.78, 5) is 6.33. The second kappa shape index (κ2) is 9.38. The molecule has 2 aliphatic rings. The second-order valence-corrected chi connectivity index (χ2v) is 8.71. The molecule has 1 saturated heterocycles. The van der Waals surface area contributed by atoms with Crippen LogP contribution < -0.4 is 12.4 Å². The SMILES string of the molecule is [Cl-].c1coc(CN2CCN(C(c3cccs3)c3nnnn3C3CCCC3)CC2)c1. The largest absolute Gasteiger partial charge is 1.00 e. The van der Waals surface area contributed by atoms with Crippen LogP contribution in [-0.2, 0) is 6.54 Å². The average Bonchev–Trinajstić information content (AvgIpc) is 3.51. The molecule has 0 spiro atoms. The number of hydrogen-bond donors (Lipinski definition) is 0. The predicted molar refractivity (Wildman–Crippen MR) is 107 cm³/mol. The first-order valence-corrected chi connectivity index (χ1v) is 11.1. The number of aromatic nitrogens is 4. The molecule has 1 saturated carbocycles. The van der Waals surface area contributed by atoms with Crippen LogP contribution in [0.1, 0.15) is 54.2 Å². The van der Waals surface area contributed by atoms with Gasteiger partial charge in [0.15, 0.2) is 5.82 Å². The number of piperazine rings is 1. The van der Waals surface area contributed by atoms with Gasteiger partial charge in [-0.15, -0.1) is 16.4 Å². The van der Waals surface area contributed by atoms with Gasteiger partial charge in [-0.05, 0) is 46.8 Å². The molecule has 7 nitrogen and oxygen atoms in total. The Balaban J connectivity index is 0.00000205. The molecule has 0 amide bonds. The van der Waals surface area contributed by atoms with Gasteiger partial charge in [0.1, 0.15) is 11.8 Å². The summed E-state index contributed by atoms with van der Waals surface area (Å²) in [5, 5.41) is 15.1. The zero-order valence-electron chi connectivity index (χ0n) is 16.4. The van der Waals surface area contributed by atoms with Gasteiger partial charge < -0.3 is 16.8 Å². The maximum atomic E-state index is 5.52. The van der Waals surface area contributed by atoms with Crippen LogP contribution in [0.25, 0.3) is 0 Å². The van der Waals surface area contributed by atoms with Gasteiger partial charge in [-0.1, -0.05) is 18.9 Å². The van der Waals surface area contributed by atoms with Crippen LogP contribution in [-0.4, -0.2) is 56.2 Å². The van der Waals surface area contributed by atoms with E-state index in [-0.39, 0.29) is 18.4 Å². The van der Waals surface area contributed by atoms with E-state index in [9.17, 15) is 0 Å². The maximum absolute atomic E-state index is 5.52. The van der Waals surface area contributed by atoms with Crippen molar-refractivity contribution in [1.82, 2.24) is 30.0 Å². The highest BCUT2D eigenvalue weighted by atomic mass is 35.5. The highest BCUT2D eigenvalue weighted by molar-refractivity contribution is 7.10. The van der Waals surface area contributed by atoms with Gasteiger partial charge in [-0.2, -0.15) is 0 Å². The number of rotatable bonds is 6. The minimum Gasteiger partial charge on any atom is -1.00 e. The van der Waals surface area contributed by atoms with Crippen molar-refractivity contribution < 1.29 is 16.8 Å². The average molecular weight is 434 g/mol. The molecule has 2 fully saturated rings.